The van der Waals surface area contributed by atoms with Crippen LogP contribution in [0.1, 0.15) is 30.5 Å². The molecule has 0 spiro atoms. The van der Waals surface area contributed by atoms with Crippen LogP contribution >= 0.6 is 47.1 Å². The lowest BCUT2D eigenvalue weighted by molar-refractivity contribution is 0.607. The number of thiazole rings is 1. The topological polar surface area (TPSA) is 49.3 Å². The first-order valence-corrected chi connectivity index (χ1v) is 9.72. The van der Waals surface area contributed by atoms with Gasteiger partial charge in [-0.15, -0.1) is 35.3 Å². The molecule has 1 atom stereocenters. The third-order valence-corrected chi connectivity index (χ3v) is 5.57. The molecule has 0 bridgehead atoms. The van der Waals surface area contributed by atoms with Gasteiger partial charge in [-0.1, -0.05) is 23.9 Å². The van der Waals surface area contributed by atoms with Gasteiger partial charge in [-0.2, -0.15) is 0 Å². The number of halogens is 2. The van der Waals surface area contributed by atoms with Crippen molar-refractivity contribution in [3.8, 4) is 0 Å². The van der Waals surface area contributed by atoms with Gasteiger partial charge in [-0.05, 0) is 37.5 Å². The molecule has 0 saturated heterocycles. The molecule has 1 aromatic heterocycles. The second-order valence-electron chi connectivity index (χ2n) is 5.37. The number of nitrogens with one attached hydrogen (secondary N) is 2. The van der Waals surface area contributed by atoms with Crippen LogP contribution in [0.4, 0.5) is 4.39 Å². The molecule has 1 heterocycles. The zero-order chi connectivity index (χ0) is 17.4. The van der Waals surface area contributed by atoms with Gasteiger partial charge < -0.3 is 10.6 Å². The van der Waals surface area contributed by atoms with E-state index >= 15 is 0 Å². The van der Waals surface area contributed by atoms with Gasteiger partial charge >= 0.3 is 0 Å². The molecule has 0 amide bonds. The summed E-state index contributed by atoms with van der Waals surface area (Å²) in [7, 11) is 1.74. The molecule has 0 fully saturated rings. The first kappa shape index (κ1) is 22.2. The monoisotopic (exact) mass is 494 g/mol. The number of aliphatic imine (C=N–C) groups is 1. The van der Waals surface area contributed by atoms with Gasteiger partial charge in [0.05, 0.1) is 6.04 Å². The summed E-state index contributed by atoms with van der Waals surface area (Å²) >= 11 is 3.43. The average molecular weight is 494 g/mol. The van der Waals surface area contributed by atoms with Crippen molar-refractivity contribution in [3.63, 3.8) is 0 Å². The van der Waals surface area contributed by atoms with Crippen molar-refractivity contribution >= 4 is 53.0 Å². The highest BCUT2D eigenvalue weighted by molar-refractivity contribution is 14.0. The van der Waals surface area contributed by atoms with Gasteiger partial charge in [0, 0.05) is 30.9 Å². The van der Waals surface area contributed by atoms with E-state index < -0.39 is 0 Å². The Bertz CT molecular complexity index is 665. The normalized spacial score (nSPS) is 12.4. The van der Waals surface area contributed by atoms with Crippen molar-refractivity contribution < 1.29 is 4.39 Å². The van der Waals surface area contributed by atoms with Crippen molar-refractivity contribution in [2.45, 2.75) is 30.6 Å². The van der Waals surface area contributed by atoms with Crippen LogP contribution in [0.5, 0.6) is 0 Å². The summed E-state index contributed by atoms with van der Waals surface area (Å²) in [5.41, 5.74) is 1.56. The summed E-state index contributed by atoms with van der Waals surface area (Å²) < 4.78 is 14.8. The van der Waals surface area contributed by atoms with E-state index in [-0.39, 0.29) is 35.8 Å². The number of nitrogens with zero attached hydrogens (tertiary/aromatic N) is 2. The fourth-order valence-corrected chi connectivity index (χ4v) is 3.73. The minimum atomic E-state index is -0.177. The molecule has 4 nitrogen and oxygen atoms in total. The fourth-order valence-electron chi connectivity index (χ4n) is 2.08. The molecular weight excluding hydrogens is 470 g/mol. The smallest absolute Gasteiger partial charge is 0.191 e. The largest absolute Gasteiger partial charge is 0.356 e. The van der Waals surface area contributed by atoms with Crippen molar-refractivity contribution in [2.24, 2.45) is 4.99 Å². The minimum absolute atomic E-state index is 0. The molecule has 0 saturated carbocycles. The Kier molecular flexibility index (Phi) is 10.4. The molecule has 0 aliphatic carbocycles. The van der Waals surface area contributed by atoms with E-state index in [1.807, 2.05) is 24.6 Å². The Hall–Kier alpha value is -0.870. The van der Waals surface area contributed by atoms with E-state index in [1.165, 1.54) is 0 Å². The predicted octanol–water partition coefficient (Wildman–Crippen LogP) is 4.62. The highest BCUT2D eigenvalue weighted by Crippen LogP contribution is 2.20. The summed E-state index contributed by atoms with van der Waals surface area (Å²) in [6, 6.07) is 5.30. The minimum Gasteiger partial charge on any atom is -0.356 e. The van der Waals surface area contributed by atoms with E-state index in [1.54, 1.807) is 49.2 Å². The van der Waals surface area contributed by atoms with Crippen LogP contribution in [-0.2, 0) is 0 Å². The number of hydrogen-bond acceptors (Lipinski definition) is 4. The second-order valence-corrected chi connectivity index (χ2v) is 7.61. The van der Waals surface area contributed by atoms with E-state index in [4.69, 9.17) is 0 Å². The maximum absolute atomic E-state index is 13.7. The number of benzene rings is 1. The van der Waals surface area contributed by atoms with Crippen LogP contribution in [0.25, 0.3) is 0 Å². The number of aromatic nitrogens is 1. The Morgan fingerprint density at radius 3 is 2.88 bits per heavy atom. The van der Waals surface area contributed by atoms with Gasteiger partial charge in [0.2, 0.25) is 0 Å². The summed E-state index contributed by atoms with van der Waals surface area (Å²) in [4.78, 5) is 8.47. The Morgan fingerprint density at radius 1 is 1.44 bits per heavy atom. The summed E-state index contributed by atoms with van der Waals surface area (Å²) in [5.74, 6) is 1.56. The summed E-state index contributed by atoms with van der Waals surface area (Å²) in [6.45, 7) is 4.59. The third-order valence-electron chi connectivity index (χ3n) is 3.52. The third kappa shape index (κ3) is 7.49. The quantitative estimate of drug-likeness (QED) is 0.194. The standard InChI is InChI=1S/C17H23FN4S2.HI/c1-12-5-6-14(11-15(12)18)13(2)22-16(19-3)20-7-4-9-23-17-21-8-10-24-17;/h5-6,8,10-11,13H,4,7,9H2,1-3H3,(H2,19,20,22);1H. The van der Waals surface area contributed by atoms with Crippen LogP contribution < -0.4 is 10.6 Å². The fraction of sp³-hybridized carbons (Fsp3) is 0.412. The van der Waals surface area contributed by atoms with E-state index in [9.17, 15) is 4.39 Å². The maximum Gasteiger partial charge on any atom is 0.191 e. The van der Waals surface area contributed by atoms with E-state index in [0.29, 0.717) is 5.56 Å². The molecule has 1 unspecified atom stereocenters. The van der Waals surface area contributed by atoms with Crippen molar-refractivity contribution in [3.05, 3.63) is 46.7 Å². The van der Waals surface area contributed by atoms with Crippen LogP contribution in [0.2, 0.25) is 0 Å². The second kappa shape index (κ2) is 11.7. The first-order valence-electron chi connectivity index (χ1n) is 7.85. The predicted molar refractivity (Wildman–Crippen MR) is 117 cm³/mol. The SMILES string of the molecule is CN=C(NCCCSc1nccs1)NC(C)c1ccc(C)c(F)c1.I. The molecule has 0 aliphatic rings. The highest BCUT2D eigenvalue weighted by Gasteiger charge is 2.09. The Balaban J connectivity index is 0.00000312. The van der Waals surface area contributed by atoms with Crippen LogP contribution in [-0.4, -0.2) is 30.3 Å². The lowest BCUT2D eigenvalue weighted by atomic mass is 10.1. The zero-order valence-corrected chi connectivity index (χ0v) is 18.5. The Labute approximate surface area is 174 Å². The van der Waals surface area contributed by atoms with E-state index in [0.717, 1.165) is 34.6 Å². The lowest BCUT2D eigenvalue weighted by Crippen LogP contribution is -2.39. The van der Waals surface area contributed by atoms with Gasteiger partial charge in [0.25, 0.3) is 0 Å². The van der Waals surface area contributed by atoms with Gasteiger partial charge in [0.1, 0.15) is 10.2 Å². The van der Waals surface area contributed by atoms with Gasteiger partial charge in [0.15, 0.2) is 5.96 Å². The molecule has 25 heavy (non-hydrogen) atoms. The number of thioether (sulfide) groups is 1. The van der Waals surface area contributed by atoms with Gasteiger partial charge in [-0.25, -0.2) is 9.37 Å². The average Bonchev–Trinajstić information content (AvgIpc) is 3.09. The summed E-state index contributed by atoms with van der Waals surface area (Å²) in [6.07, 6.45) is 2.84. The number of aryl methyl sites for hydroxylation is 1. The number of guanidine groups is 1. The van der Waals surface area contributed by atoms with Crippen molar-refractivity contribution in [1.29, 1.82) is 0 Å². The molecule has 2 N–H and O–H groups in total. The maximum atomic E-state index is 13.7. The molecule has 8 heteroatoms. The molecule has 2 aromatic rings. The molecular formula is C17H24FIN4S2. The lowest BCUT2D eigenvalue weighted by Gasteiger charge is -2.18. The summed E-state index contributed by atoms with van der Waals surface area (Å²) in [5, 5.41) is 8.57. The molecule has 138 valence electrons. The molecule has 1 aromatic carbocycles. The van der Waals surface area contributed by atoms with Crippen molar-refractivity contribution in [1.82, 2.24) is 15.6 Å². The number of hydrogen-bond donors (Lipinski definition) is 2. The van der Waals surface area contributed by atoms with Crippen LogP contribution in [0.3, 0.4) is 0 Å². The van der Waals surface area contributed by atoms with Crippen molar-refractivity contribution in [2.75, 3.05) is 19.3 Å². The Morgan fingerprint density at radius 2 is 2.24 bits per heavy atom. The highest BCUT2D eigenvalue weighted by atomic mass is 127. The molecule has 0 radical (unpaired) electrons. The zero-order valence-electron chi connectivity index (χ0n) is 14.6. The molecule has 0 aliphatic heterocycles. The first-order chi connectivity index (χ1) is 11.6. The van der Waals surface area contributed by atoms with Crippen LogP contribution in [0, 0.1) is 12.7 Å². The van der Waals surface area contributed by atoms with Gasteiger partial charge in [-0.3, -0.25) is 4.99 Å². The van der Waals surface area contributed by atoms with Crippen LogP contribution in [0.15, 0.2) is 39.1 Å². The van der Waals surface area contributed by atoms with E-state index in [2.05, 4.69) is 20.6 Å². The molecule has 2 rings (SSSR count). The number of rotatable bonds is 7.